The summed E-state index contributed by atoms with van der Waals surface area (Å²) in [6.07, 6.45) is -0.0604. The van der Waals surface area contributed by atoms with E-state index in [1.54, 1.807) is 6.07 Å². The Balaban J connectivity index is 1.39. The zero-order valence-electron chi connectivity index (χ0n) is 23.1. The van der Waals surface area contributed by atoms with E-state index in [9.17, 15) is 19.7 Å². The number of amides is 1. The van der Waals surface area contributed by atoms with E-state index in [2.05, 4.69) is 32.0 Å². The molecule has 1 amide bonds. The largest absolute Gasteiger partial charge is 0.486 e. The summed E-state index contributed by atoms with van der Waals surface area (Å²) in [7, 11) is 1.16. The average Bonchev–Trinajstić information content (AvgIpc) is 3.58. The molecule has 0 bridgehead atoms. The smallest absolute Gasteiger partial charge is 0.346 e. The first-order chi connectivity index (χ1) is 20.1. The highest BCUT2D eigenvalue weighted by Crippen LogP contribution is 2.34. The van der Waals surface area contributed by atoms with Gasteiger partial charge >= 0.3 is 17.6 Å². The van der Waals surface area contributed by atoms with Crippen LogP contribution in [0.25, 0.3) is 5.69 Å². The van der Waals surface area contributed by atoms with Crippen LogP contribution in [0.15, 0.2) is 70.2 Å². The molecule has 13 heteroatoms. The fourth-order valence-electron chi connectivity index (χ4n) is 4.07. The van der Waals surface area contributed by atoms with Gasteiger partial charge in [-0.25, -0.2) is 10.2 Å². The van der Waals surface area contributed by atoms with Crippen molar-refractivity contribution in [3.8, 4) is 17.2 Å². The lowest BCUT2D eigenvalue weighted by Crippen LogP contribution is -2.26. The molecule has 0 spiro atoms. The van der Waals surface area contributed by atoms with Gasteiger partial charge in [-0.05, 0) is 75.4 Å². The molecule has 0 fully saturated rings. The van der Waals surface area contributed by atoms with Crippen molar-refractivity contribution in [3.05, 3.63) is 104 Å². The molecule has 218 valence electrons. The second-order valence-electron chi connectivity index (χ2n) is 9.08. The van der Waals surface area contributed by atoms with Crippen molar-refractivity contribution >= 4 is 35.4 Å². The summed E-state index contributed by atoms with van der Waals surface area (Å²) in [5, 5.41) is 15.4. The number of aromatic nitrogens is 1. The van der Waals surface area contributed by atoms with E-state index in [-0.39, 0.29) is 28.7 Å². The standard InChI is InChI=1S/C29H27ClN4O8/c1-17-5-6-18(2)33(17)22-7-9-23(10-8-22)40-16-24-11-12-26(42-24)28(35)32-31-15-20-13-21(30)14-25(34(37)38)27(20)41-19(3)29(36)39-4/h5-15,19H,16H2,1-4H3,(H,32,35)/b31-15+/t19-/m0/s1. The lowest BCUT2D eigenvalue weighted by Gasteiger charge is -2.14. The van der Waals surface area contributed by atoms with E-state index in [1.165, 1.54) is 19.1 Å². The lowest BCUT2D eigenvalue weighted by atomic mass is 10.2. The fourth-order valence-corrected chi connectivity index (χ4v) is 4.29. The Morgan fingerprint density at radius 1 is 1.12 bits per heavy atom. The molecule has 0 saturated heterocycles. The molecule has 42 heavy (non-hydrogen) atoms. The van der Waals surface area contributed by atoms with E-state index in [1.807, 2.05) is 38.1 Å². The van der Waals surface area contributed by atoms with Gasteiger partial charge in [0.2, 0.25) is 5.75 Å². The number of hydrogen-bond donors (Lipinski definition) is 1. The van der Waals surface area contributed by atoms with Crippen molar-refractivity contribution in [3.63, 3.8) is 0 Å². The topological polar surface area (TPSA) is 147 Å². The predicted octanol–water partition coefficient (Wildman–Crippen LogP) is 5.53. The molecule has 4 aromatic rings. The van der Waals surface area contributed by atoms with Crippen LogP contribution in [-0.4, -0.2) is 40.8 Å². The van der Waals surface area contributed by atoms with Crippen molar-refractivity contribution in [2.45, 2.75) is 33.5 Å². The molecular weight excluding hydrogens is 568 g/mol. The Morgan fingerprint density at radius 3 is 2.45 bits per heavy atom. The van der Waals surface area contributed by atoms with Gasteiger partial charge in [0.25, 0.3) is 0 Å². The second-order valence-corrected chi connectivity index (χ2v) is 9.52. The van der Waals surface area contributed by atoms with E-state index < -0.39 is 28.6 Å². The number of rotatable bonds is 11. The molecule has 0 aliphatic heterocycles. The summed E-state index contributed by atoms with van der Waals surface area (Å²) >= 11 is 6.02. The maximum Gasteiger partial charge on any atom is 0.346 e. The summed E-state index contributed by atoms with van der Waals surface area (Å²) in [5.41, 5.74) is 5.11. The van der Waals surface area contributed by atoms with Gasteiger partial charge in [-0.1, -0.05) is 11.6 Å². The number of esters is 1. The van der Waals surface area contributed by atoms with Gasteiger partial charge in [0, 0.05) is 33.7 Å². The molecule has 4 rings (SSSR count). The number of hydrazone groups is 1. The Labute approximate surface area is 245 Å². The molecule has 12 nitrogen and oxygen atoms in total. The number of nitrogens with zero attached hydrogens (tertiary/aromatic N) is 3. The minimum absolute atomic E-state index is 0.0211. The van der Waals surface area contributed by atoms with Crippen LogP contribution in [0.2, 0.25) is 5.02 Å². The van der Waals surface area contributed by atoms with Crippen LogP contribution in [0.1, 0.15) is 40.2 Å². The molecule has 1 N–H and O–H groups in total. The fraction of sp³-hybridized carbons (Fsp3) is 0.207. The number of nitrogens with one attached hydrogen (secondary N) is 1. The summed E-state index contributed by atoms with van der Waals surface area (Å²) < 4.78 is 23.6. The highest BCUT2D eigenvalue weighted by molar-refractivity contribution is 6.31. The van der Waals surface area contributed by atoms with Crippen LogP contribution in [0.3, 0.4) is 0 Å². The molecule has 0 saturated carbocycles. The number of halogens is 1. The van der Waals surface area contributed by atoms with E-state index >= 15 is 0 Å². The summed E-state index contributed by atoms with van der Waals surface area (Å²) in [5.74, 6) is -0.697. The first kappa shape index (κ1) is 29.9. The number of methoxy groups -OCH3 is 1. The molecule has 0 aliphatic rings. The second kappa shape index (κ2) is 13.0. The van der Waals surface area contributed by atoms with Crippen molar-refractivity contribution in [2.75, 3.05) is 7.11 Å². The zero-order valence-corrected chi connectivity index (χ0v) is 23.9. The van der Waals surface area contributed by atoms with Crippen molar-refractivity contribution in [1.82, 2.24) is 9.99 Å². The molecule has 2 heterocycles. The number of ether oxygens (including phenoxy) is 3. The maximum atomic E-state index is 12.6. The van der Waals surface area contributed by atoms with Gasteiger partial charge in [0.05, 0.1) is 18.2 Å². The highest BCUT2D eigenvalue weighted by Gasteiger charge is 2.25. The Hall–Kier alpha value is -5.10. The number of nitro groups is 1. The van der Waals surface area contributed by atoms with Crippen LogP contribution >= 0.6 is 11.6 Å². The number of hydrogen-bond acceptors (Lipinski definition) is 9. The molecule has 0 aliphatic carbocycles. The first-order valence-corrected chi connectivity index (χ1v) is 13.0. The lowest BCUT2D eigenvalue weighted by molar-refractivity contribution is -0.386. The SMILES string of the molecule is COC(=O)[C@H](C)Oc1c(/C=N/NC(=O)c2ccc(COc3ccc(-n4c(C)ccc4C)cc3)o2)cc(Cl)cc1[N+](=O)[O-]. The van der Waals surface area contributed by atoms with Crippen LogP contribution in [0.4, 0.5) is 5.69 Å². The molecule has 0 radical (unpaired) electrons. The van der Waals surface area contributed by atoms with Gasteiger partial charge in [-0.3, -0.25) is 14.9 Å². The molecule has 2 aromatic carbocycles. The van der Waals surface area contributed by atoms with Crippen LogP contribution in [0.5, 0.6) is 11.5 Å². The number of benzene rings is 2. The predicted molar refractivity (Wildman–Crippen MR) is 154 cm³/mol. The molecule has 2 aromatic heterocycles. The van der Waals surface area contributed by atoms with Gasteiger partial charge in [0.1, 0.15) is 18.1 Å². The van der Waals surface area contributed by atoms with Crippen LogP contribution in [-0.2, 0) is 16.1 Å². The molecule has 0 unspecified atom stereocenters. The zero-order chi connectivity index (χ0) is 30.4. The van der Waals surface area contributed by atoms with Gasteiger partial charge in [-0.15, -0.1) is 0 Å². The van der Waals surface area contributed by atoms with Gasteiger partial charge < -0.3 is 23.2 Å². The third-order valence-corrected chi connectivity index (χ3v) is 6.31. The van der Waals surface area contributed by atoms with E-state index in [4.69, 9.17) is 25.5 Å². The van der Waals surface area contributed by atoms with E-state index in [0.717, 1.165) is 36.5 Å². The normalized spacial score (nSPS) is 11.7. The van der Waals surface area contributed by atoms with Crippen molar-refractivity contribution < 1.29 is 33.1 Å². The van der Waals surface area contributed by atoms with Crippen LogP contribution in [0, 0.1) is 24.0 Å². The number of aryl methyl sites for hydroxylation is 2. The first-order valence-electron chi connectivity index (χ1n) is 12.6. The van der Waals surface area contributed by atoms with Crippen molar-refractivity contribution in [1.29, 1.82) is 0 Å². The average molecular weight is 595 g/mol. The van der Waals surface area contributed by atoms with Crippen LogP contribution < -0.4 is 14.9 Å². The van der Waals surface area contributed by atoms with Gasteiger partial charge in [0.15, 0.2) is 11.9 Å². The molecular formula is C29H27ClN4O8. The highest BCUT2D eigenvalue weighted by atomic mass is 35.5. The number of carbonyl (C=O) groups is 2. The maximum absolute atomic E-state index is 12.6. The van der Waals surface area contributed by atoms with E-state index in [0.29, 0.717) is 11.5 Å². The minimum Gasteiger partial charge on any atom is -0.486 e. The van der Waals surface area contributed by atoms with Crippen molar-refractivity contribution in [2.24, 2.45) is 5.10 Å². The van der Waals surface area contributed by atoms with Gasteiger partial charge in [-0.2, -0.15) is 5.10 Å². The number of furan rings is 1. The summed E-state index contributed by atoms with van der Waals surface area (Å²) in [4.78, 5) is 35.2. The monoisotopic (exact) mass is 594 g/mol. The summed E-state index contributed by atoms with van der Waals surface area (Å²) in [6, 6.07) is 17.2. The third-order valence-electron chi connectivity index (χ3n) is 6.09. The quantitative estimate of drug-likeness (QED) is 0.103. The Bertz CT molecular complexity index is 1620. The number of nitro benzene ring substituents is 1. The molecule has 1 atom stereocenters. The Morgan fingerprint density at radius 2 is 1.81 bits per heavy atom. The third kappa shape index (κ3) is 6.96. The number of carbonyl (C=O) groups excluding carboxylic acids is 2. The summed E-state index contributed by atoms with van der Waals surface area (Å²) in [6.45, 7) is 5.53. The Kier molecular flexibility index (Phi) is 9.28. The minimum atomic E-state index is -1.16.